The van der Waals surface area contributed by atoms with Gasteiger partial charge in [0.15, 0.2) is 5.58 Å². The van der Waals surface area contributed by atoms with Crippen LogP contribution < -0.4 is 10.4 Å². The SMILES string of the molecule is OB(O)c1ccc(N(c2ccccc2)c2cccc3c2oc2ccccc23)cc1. The standard InChI is InChI=1S/C24H18BNO3/c27-25(28)17-13-15-19(16-14-17)26(18-7-2-1-3-8-18)22-11-6-10-21-20-9-4-5-12-23(20)29-24(21)22/h1-16,27-28H. The molecule has 0 atom stereocenters. The highest BCUT2D eigenvalue weighted by Crippen LogP contribution is 2.41. The molecule has 0 bridgehead atoms. The van der Waals surface area contributed by atoms with Crippen molar-refractivity contribution in [2.45, 2.75) is 0 Å². The van der Waals surface area contributed by atoms with Crippen LogP contribution in [-0.4, -0.2) is 17.2 Å². The minimum atomic E-state index is -1.49. The van der Waals surface area contributed by atoms with Crippen LogP contribution >= 0.6 is 0 Å². The number of nitrogens with zero attached hydrogens (tertiary/aromatic N) is 1. The molecule has 0 aliphatic carbocycles. The third-order valence-electron chi connectivity index (χ3n) is 5.09. The highest BCUT2D eigenvalue weighted by molar-refractivity contribution is 6.58. The van der Waals surface area contributed by atoms with Crippen LogP contribution in [0.25, 0.3) is 21.9 Å². The van der Waals surface area contributed by atoms with Crippen LogP contribution in [0.5, 0.6) is 0 Å². The van der Waals surface area contributed by atoms with E-state index in [1.165, 1.54) is 0 Å². The van der Waals surface area contributed by atoms with Crippen molar-refractivity contribution >= 4 is 51.6 Å². The van der Waals surface area contributed by atoms with Gasteiger partial charge < -0.3 is 19.4 Å². The third-order valence-corrected chi connectivity index (χ3v) is 5.09. The molecule has 5 heteroatoms. The summed E-state index contributed by atoms with van der Waals surface area (Å²) >= 11 is 0. The molecular weight excluding hydrogens is 361 g/mol. The van der Waals surface area contributed by atoms with Crippen molar-refractivity contribution in [3.63, 3.8) is 0 Å². The molecule has 140 valence electrons. The molecular formula is C24H18BNO3. The lowest BCUT2D eigenvalue weighted by Gasteiger charge is -2.25. The molecule has 1 heterocycles. The van der Waals surface area contributed by atoms with Crippen LogP contribution in [0.15, 0.2) is 101 Å². The van der Waals surface area contributed by atoms with Gasteiger partial charge in [-0.15, -0.1) is 0 Å². The Morgan fingerprint density at radius 3 is 2.03 bits per heavy atom. The van der Waals surface area contributed by atoms with E-state index in [1.54, 1.807) is 12.1 Å². The van der Waals surface area contributed by atoms with Gasteiger partial charge in [0.2, 0.25) is 0 Å². The van der Waals surface area contributed by atoms with Gasteiger partial charge in [-0.3, -0.25) is 0 Å². The van der Waals surface area contributed by atoms with Crippen molar-refractivity contribution in [1.29, 1.82) is 0 Å². The summed E-state index contributed by atoms with van der Waals surface area (Å²) in [5.74, 6) is 0. The van der Waals surface area contributed by atoms with E-state index in [1.807, 2.05) is 72.8 Å². The summed E-state index contributed by atoms with van der Waals surface area (Å²) in [6.45, 7) is 0. The first-order valence-electron chi connectivity index (χ1n) is 9.44. The molecule has 2 N–H and O–H groups in total. The van der Waals surface area contributed by atoms with Gasteiger partial charge in [0.05, 0.1) is 5.69 Å². The molecule has 0 spiro atoms. The Morgan fingerprint density at radius 1 is 0.621 bits per heavy atom. The van der Waals surface area contributed by atoms with Gasteiger partial charge in [-0.1, -0.05) is 60.7 Å². The molecule has 0 aliphatic heterocycles. The summed E-state index contributed by atoms with van der Waals surface area (Å²) in [5, 5.41) is 21.0. The number of anilines is 3. The minimum Gasteiger partial charge on any atom is -0.454 e. The summed E-state index contributed by atoms with van der Waals surface area (Å²) in [6, 6.07) is 31.4. The van der Waals surface area contributed by atoms with Crippen molar-refractivity contribution in [2.24, 2.45) is 0 Å². The first-order chi connectivity index (χ1) is 14.2. The van der Waals surface area contributed by atoms with Crippen LogP contribution in [0.3, 0.4) is 0 Å². The lowest BCUT2D eigenvalue weighted by molar-refractivity contribution is 0.426. The number of furan rings is 1. The van der Waals surface area contributed by atoms with Crippen molar-refractivity contribution in [3.05, 3.63) is 97.1 Å². The number of rotatable bonds is 4. The smallest absolute Gasteiger partial charge is 0.454 e. The zero-order chi connectivity index (χ0) is 19.8. The van der Waals surface area contributed by atoms with Crippen LogP contribution in [0.4, 0.5) is 17.1 Å². The minimum absolute atomic E-state index is 0.448. The summed E-state index contributed by atoms with van der Waals surface area (Å²) in [5.41, 5.74) is 4.91. The maximum atomic E-state index is 9.44. The highest BCUT2D eigenvalue weighted by atomic mass is 16.4. The van der Waals surface area contributed by atoms with E-state index < -0.39 is 7.12 Å². The Bertz CT molecular complexity index is 1280. The normalized spacial score (nSPS) is 11.1. The van der Waals surface area contributed by atoms with E-state index in [0.29, 0.717) is 5.46 Å². The monoisotopic (exact) mass is 379 g/mol. The lowest BCUT2D eigenvalue weighted by Crippen LogP contribution is -2.29. The van der Waals surface area contributed by atoms with Gasteiger partial charge in [-0.25, -0.2) is 0 Å². The number of para-hydroxylation sites is 3. The predicted molar refractivity (Wildman–Crippen MR) is 118 cm³/mol. The van der Waals surface area contributed by atoms with Crippen molar-refractivity contribution in [1.82, 2.24) is 0 Å². The fraction of sp³-hybridized carbons (Fsp3) is 0. The lowest BCUT2D eigenvalue weighted by atomic mass is 9.80. The molecule has 0 saturated carbocycles. The van der Waals surface area contributed by atoms with Gasteiger partial charge >= 0.3 is 7.12 Å². The van der Waals surface area contributed by atoms with Gasteiger partial charge in [0.1, 0.15) is 5.58 Å². The van der Waals surface area contributed by atoms with E-state index >= 15 is 0 Å². The Balaban J connectivity index is 1.75. The Labute approximate surface area is 168 Å². The molecule has 0 radical (unpaired) electrons. The molecule has 0 fully saturated rings. The summed E-state index contributed by atoms with van der Waals surface area (Å²) in [6.07, 6.45) is 0. The fourth-order valence-corrected chi connectivity index (χ4v) is 3.71. The maximum Gasteiger partial charge on any atom is 0.488 e. The first kappa shape index (κ1) is 17.6. The second-order valence-electron chi connectivity index (χ2n) is 6.89. The second-order valence-corrected chi connectivity index (χ2v) is 6.89. The number of hydrogen-bond donors (Lipinski definition) is 2. The summed E-state index contributed by atoms with van der Waals surface area (Å²) < 4.78 is 6.25. The molecule has 29 heavy (non-hydrogen) atoms. The van der Waals surface area contributed by atoms with Crippen LogP contribution in [0.2, 0.25) is 0 Å². The first-order valence-corrected chi connectivity index (χ1v) is 9.44. The number of benzene rings is 4. The van der Waals surface area contributed by atoms with Gasteiger partial charge in [-0.05, 0) is 41.9 Å². The van der Waals surface area contributed by atoms with Gasteiger partial charge in [0.25, 0.3) is 0 Å². The Hall–Kier alpha value is -3.54. The Kier molecular flexibility index (Phi) is 4.32. The maximum absolute atomic E-state index is 9.44. The van der Waals surface area contributed by atoms with Crippen molar-refractivity contribution in [3.8, 4) is 0 Å². The largest absolute Gasteiger partial charge is 0.488 e. The van der Waals surface area contributed by atoms with Crippen LogP contribution in [-0.2, 0) is 0 Å². The van der Waals surface area contributed by atoms with Crippen molar-refractivity contribution < 1.29 is 14.5 Å². The molecule has 4 nitrogen and oxygen atoms in total. The Morgan fingerprint density at radius 2 is 1.28 bits per heavy atom. The molecule has 0 saturated heterocycles. The quantitative estimate of drug-likeness (QED) is 0.443. The average Bonchev–Trinajstić information content (AvgIpc) is 3.15. The van der Waals surface area contributed by atoms with Crippen molar-refractivity contribution in [2.75, 3.05) is 4.90 Å². The molecule has 4 aromatic carbocycles. The third kappa shape index (κ3) is 3.07. The van der Waals surface area contributed by atoms with Crippen LogP contribution in [0, 0.1) is 0 Å². The van der Waals surface area contributed by atoms with E-state index in [0.717, 1.165) is 39.0 Å². The predicted octanol–water partition coefficient (Wildman–Crippen LogP) is 4.74. The van der Waals surface area contributed by atoms with E-state index in [9.17, 15) is 10.0 Å². The molecule has 0 amide bonds. The van der Waals surface area contributed by atoms with Gasteiger partial charge in [-0.2, -0.15) is 0 Å². The van der Waals surface area contributed by atoms with Gasteiger partial charge in [0, 0.05) is 22.1 Å². The molecule has 5 aromatic rings. The van der Waals surface area contributed by atoms with Crippen LogP contribution in [0.1, 0.15) is 0 Å². The topological polar surface area (TPSA) is 56.8 Å². The zero-order valence-corrected chi connectivity index (χ0v) is 15.6. The molecule has 0 unspecified atom stereocenters. The molecule has 0 aliphatic rings. The molecule has 1 aromatic heterocycles. The fourth-order valence-electron chi connectivity index (χ4n) is 3.71. The highest BCUT2D eigenvalue weighted by Gasteiger charge is 2.19. The zero-order valence-electron chi connectivity index (χ0n) is 15.6. The van der Waals surface area contributed by atoms with E-state index in [4.69, 9.17) is 4.42 Å². The number of fused-ring (bicyclic) bond motifs is 3. The summed E-state index contributed by atoms with van der Waals surface area (Å²) in [4.78, 5) is 2.11. The van der Waals surface area contributed by atoms with E-state index in [2.05, 4.69) is 17.0 Å². The average molecular weight is 379 g/mol. The summed E-state index contributed by atoms with van der Waals surface area (Å²) in [7, 11) is -1.49. The second kappa shape index (κ2) is 7.13. The van der Waals surface area contributed by atoms with E-state index in [-0.39, 0.29) is 0 Å². The number of hydrogen-bond acceptors (Lipinski definition) is 4. The molecule has 5 rings (SSSR count).